The minimum absolute atomic E-state index is 0.118. The molecule has 1 fully saturated rings. The van der Waals surface area contributed by atoms with Crippen molar-refractivity contribution in [3.05, 3.63) is 52.0 Å². The number of aliphatic hydroxyl groups excluding tert-OH is 2. The van der Waals surface area contributed by atoms with Gasteiger partial charge in [0.05, 0.1) is 24.8 Å². The molecule has 3 rings (SSSR count). The first kappa shape index (κ1) is 16.1. The van der Waals surface area contributed by atoms with Gasteiger partial charge in [-0.3, -0.25) is 4.79 Å². The van der Waals surface area contributed by atoms with Gasteiger partial charge in [-0.05, 0) is 12.0 Å². The molecule has 4 N–H and O–H groups in total. The highest BCUT2D eigenvalue weighted by Gasteiger charge is 2.34. The first-order chi connectivity index (χ1) is 11.2. The van der Waals surface area contributed by atoms with Gasteiger partial charge < -0.3 is 20.8 Å². The van der Waals surface area contributed by atoms with Gasteiger partial charge in [0.2, 0.25) is 0 Å². The largest absolute Gasteiger partial charge is 0.395 e. The zero-order chi connectivity index (χ0) is 16.2. The van der Waals surface area contributed by atoms with Crippen LogP contribution in [0.15, 0.2) is 35.7 Å². The van der Waals surface area contributed by atoms with Crippen LogP contribution in [0.4, 0.5) is 0 Å². The van der Waals surface area contributed by atoms with E-state index in [1.165, 1.54) is 11.3 Å². The molecule has 3 atom stereocenters. The molecule has 1 aromatic heterocycles. The Labute approximate surface area is 138 Å². The predicted octanol–water partition coefficient (Wildman–Crippen LogP) is 0.829. The van der Waals surface area contributed by atoms with Crippen molar-refractivity contribution >= 4 is 17.2 Å². The van der Waals surface area contributed by atoms with E-state index in [4.69, 9.17) is 5.11 Å². The number of thiazole rings is 1. The number of aliphatic hydroxyl groups is 2. The van der Waals surface area contributed by atoms with Crippen molar-refractivity contribution in [3.63, 3.8) is 0 Å². The molecule has 122 valence electrons. The molecular weight excluding hydrogens is 314 g/mol. The molecular formula is C16H19N3O3S. The summed E-state index contributed by atoms with van der Waals surface area (Å²) in [5.74, 6) is -0.214. The Morgan fingerprint density at radius 2 is 2.17 bits per heavy atom. The highest BCUT2D eigenvalue weighted by atomic mass is 32.1. The van der Waals surface area contributed by atoms with Gasteiger partial charge in [-0.2, -0.15) is 0 Å². The lowest BCUT2D eigenvalue weighted by atomic mass is 10.1. The molecule has 0 saturated carbocycles. The molecule has 1 aromatic carbocycles. The van der Waals surface area contributed by atoms with Crippen LogP contribution < -0.4 is 10.6 Å². The monoisotopic (exact) mass is 333 g/mol. The Bertz CT molecular complexity index is 662. The Balaban J connectivity index is 1.59. The first-order valence-electron chi connectivity index (χ1n) is 7.50. The van der Waals surface area contributed by atoms with Gasteiger partial charge in [0, 0.05) is 11.9 Å². The highest BCUT2D eigenvalue weighted by molar-refractivity contribution is 7.09. The average Bonchev–Trinajstić information content (AvgIpc) is 3.20. The molecule has 0 spiro atoms. The molecule has 0 radical (unpaired) electrons. The predicted molar refractivity (Wildman–Crippen MR) is 87.1 cm³/mol. The third-order valence-corrected chi connectivity index (χ3v) is 4.86. The van der Waals surface area contributed by atoms with E-state index in [0.717, 1.165) is 10.6 Å². The van der Waals surface area contributed by atoms with Crippen molar-refractivity contribution in [2.24, 2.45) is 0 Å². The smallest absolute Gasteiger partial charge is 0.271 e. The number of hydrogen-bond donors (Lipinski definition) is 4. The summed E-state index contributed by atoms with van der Waals surface area (Å²) in [7, 11) is 0. The molecule has 2 heterocycles. The van der Waals surface area contributed by atoms with Gasteiger partial charge >= 0.3 is 0 Å². The third kappa shape index (κ3) is 3.76. The number of nitrogens with one attached hydrogen (secondary N) is 2. The van der Waals surface area contributed by atoms with Crippen molar-refractivity contribution in [3.8, 4) is 0 Å². The SMILES string of the molecule is O=C(NCc1ccccc1)c1csc(C2CC(O)C(CO)N2)n1. The minimum atomic E-state index is -0.593. The second kappa shape index (κ2) is 7.18. The maximum absolute atomic E-state index is 12.2. The van der Waals surface area contributed by atoms with Crippen LogP contribution in [0.2, 0.25) is 0 Å². The van der Waals surface area contributed by atoms with Gasteiger partial charge in [-0.1, -0.05) is 30.3 Å². The van der Waals surface area contributed by atoms with Gasteiger partial charge in [-0.15, -0.1) is 11.3 Å². The summed E-state index contributed by atoms with van der Waals surface area (Å²) < 4.78 is 0. The van der Waals surface area contributed by atoms with Crippen LogP contribution in [-0.4, -0.2) is 39.9 Å². The molecule has 6 nitrogen and oxygen atoms in total. The maximum Gasteiger partial charge on any atom is 0.271 e. The summed E-state index contributed by atoms with van der Waals surface area (Å²) in [5.41, 5.74) is 1.41. The molecule has 3 unspecified atom stereocenters. The van der Waals surface area contributed by atoms with Crippen molar-refractivity contribution < 1.29 is 15.0 Å². The zero-order valence-corrected chi connectivity index (χ0v) is 13.3. The van der Waals surface area contributed by atoms with Gasteiger partial charge in [0.1, 0.15) is 10.7 Å². The van der Waals surface area contributed by atoms with E-state index in [1.807, 2.05) is 30.3 Å². The second-order valence-electron chi connectivity index (χ2n) is 5.55. The fraction of sp³-hybridized carbons (Fsp3) is 0.375. The van der Waals surface area contributed by atoms with E-state index in [1.54, 1.807) is 5.38 Å². The van der Waals surface area contributed by atoms with Crippen molar-refractivity contribution in [1.82, 2.24) is 15.6 Å². The van der Waals surface area contributed by atoms with Crippen molar-refractivity contribution in [1.29, 1.82) is 0 Å². The number of rotatable bonds is 5. The molecule has 1 amide bonds. The lowest BCUT2D eigenvalue weighted by Crippen LogP contribution is -2.34. The summed E-state index contributed by atoms with van der Waals surface area (Å²) >= 11 is 1.38. The van der Waals surface area contributed by atoms with Crippen LogP contribution in [-0.2, 0) is 6.54 Å². The lowest BCUT2D eigenvalue weighted by Gasteiger charge is -2.10. The fourth-order valence-electron chi connectivity index (χ4n) is 2.61. The quantitative estimate of drug-likeness (QED) is 0.650. The number of carbonyl (C=O) groups excluding carboxylic acids is 1. The van der Waals surface area contributed by atoms with Gasteiger partial charge in [-0.25, -0.2) is 4.98 Å². The van der Waals surface area contributed by atoms with E-state index in [-0.39, 0.29) is 24.6 Å². The average molecular weight is 333 g/mol. The molecule has 0 aliphatic carbocycles. The number of amides is 1. The zero-order valence-electron chi connectivity index (χ0n) is 12.5. The van der Waals surface area contributed by atoms with Crippen LogP contribution in [0.1, 0.15) is 33.5 Å². The standard InChI is InChI=1S/C16H19N3O3S/c20-8-12-14(21)6-11(18-12)16-19-13(9-23-16)15(22)17-7-10-4-2-1-3-5-10/h1-5,9,11-12,14,18,20-21H,6-8H2,(H,17,22). The van der Waals surface area contributed by atoms with E-state index in [0.29, 0.717) is 18.7 Å². The van der Waals surface area contributed by atoms with E-state index in [9.17, 15) is 9.90 Å². The molecule has 7 heteroatoms. The molecule has 1 aliphatic heterocycles. The number of aromatic nitrogens is 1. The van der Waals surface area contributed by atoms with Crippen LogP contribution >= 0.6 is 11.3 Å². The van der Waals surface area contributed by atoms with Crippen LogP contribution in [0.3, 0.4) is 0 Å². The Kier molecular flexibility index (Phi) is 5.02. The summed E-state index contributed by atoms with van der Waals surface area (Å²) in [6.45, 7) is 0.340. The second-order valence-corrected chi connectivity index (χ2v) is 6.44. The summed E-state index contributed by atoms with van der Waals surface area (Å²) in [5, 5.41) is 27.4. The molecule has 23 heavy (non-hydrogen) atoms. The van der Waals surface area contributed by atoms with E-state index in [2.05, 4.69) is 15.6 Å². The van der Waals surface area contributed by atoms with Crippen molar-refractivity contribution in [2.75, 3.05) is 6.61 Å². The fourth-order valence-corrected chi connectivity index (χ4v) is 3.48. The maximum atomic E-state index is 12.2. The van der Waals surface area contributed by atoms with Crippen LogP contribution in [0.5, 0.6) is 0 Å². The Morgan fingerprint density at radius 3 is 2.87 bits per heavy atom. The summed E-state index contributed by atoms with van der Waals surface area (Å²) in [4.78, 5) is 16.5. The highest BCUT2D eigenvalue weighted by Crippen LogP contribution is 2.29. The summed E-state index contributed by atoms with van der Waals surface area (Å²) in [6.07, 6.45) is -0.103. The number of carbonyl (C=O) groups is 1. The molecule has 2 aromatic rings. The normalized spacial score (nSPS) is 23.8. The van der Waals surface area contributed by atoms with E-state index >= 15 is 0 Å². The third-order valence-electron chi connectivity index (χ3n) is 3.90. The number of hydrogen-bond acceptors (Lipinski definition) is 6. The lowest BCUT2D eigenvalue weighted by molar-refractivity contribution is 0.0946. The Morgan fingerprint density at radius 1 is 1.39 bits per heavy atom. The van der Waals surface area contributed by atoms with Crippen LogP contribution in [0, 0.1) is 0 Å². The topological polar surface area (TPSA) is 94.5 Å². The Hall–Kier alpha value is -1.80. The molecule has 0 bridgehead atoms. The van der Waals surface area contributed by atoms with Gasteiger partial charge in [0.25, 0.3) is 5.91 Å². The minimum Gasteiger partial charge on any atom is -0.395 e. The van der Waals surface area contributed by atoms with Crippen molar-refractivity contribution in [2.45, 2.75) is 31.2 Å². The van der Waals surface area contributed by atoms with E-state index < -0.39 is 6.10 Å². The number of benzene rings is 1. The molecule has 1 saturated heterocycles. The summed E-state index contributed by atoms with van der Waals surface area (Å²) in [6, 6.07) is 9.23. The van der Waals surface area contributed by atoms with Crippen LogP contribution in [0.25, 0.3) is 0 Å². The number of nitrogens with zero attached hydrogens (tertiary/aromatic N) is 1. The molecule has 1 aliphatic rings. The first-order valence-corrected chi connectivity index (χ1v) is 8.38. The van der Waals surface area contributed by atoms with Gasteiger partial charge in [0.15, 0.2) is 0 Å².